The van der Waals surface area contributed by atoms with Gasteiger partial charge < -0.3 is 9.84 Å². The van der Waals surface area contributed by atoms with Crippen LogP contribution in [0.4, 0.5) is 0 Å². The van der Waals surface area contributed by atoms with E-state index in [4.69, 9.17) is 4.74 Å². The predicted octanol–water partition coefficient (Wildman–Crippen LogP) is 2.59. The third-order valence-corrected chi connectivity index (χ3v) is 5.91. The fourth-order valence-corrected chi connectivity index (χ4v) is 4.37. The molecule has 3 saturated heterocycles. The Labute approximate surface area is 145 Å². The summed E-state index contributed by atoms with van der Waals surface area (Å²) >= 11 is 0. The Morgan fingerprint density at radius 2 is 1.83 bits per heavy atom. The summed E-state index contributed by atoms with van der Waals surface area (Å²) in [6.07, 6.45) is 7.13. The van der Waals surface area contributed by atoms with Crippen LogP contribution in [0.15, 0.2) is 0 Å². The van der Waals surface area contributed by atoms with Crippen LogP contribution in [0.25, 0.3) is 0 Å². The molecule has 2 bridgehead atoms. The van der Waals surface area contributed by atoms with Gasteiger partial charge in [-0.15, -0.1) is 0 Å². The molecule has 1 saturated carbocycles. The van der Waals surface area contributed by atoms with Gasteiger partial charge in [-0.25, -0.2) is 4.79 Å². The molecular weight excluding hydrogens is 302 g/mol. The Morgan fingerprint density at radius 3 is 2.38 bits per heavy atom. The van der Waals surface area contributed by atoms with E-state index < -0.39 is 11.6 Å². The summed E-state index contributed by atoms with van der Waals surface area (Å²) in [5.74, 6) is 5.93. The van der Waals surface area contributed by atoms with E-state index in [9.17, 15) is 9.90 Å². The Kier molecular flexibility index (Phi) is 5.52. The van der Waals surface area contributed by atoms with Crippen molar-refractivity contribution in [3.05, 3.63) is 0 Å². The SMILES string of the molecule is CC(C)C#CC(O)(C(=O)OC1CN2CCC1CC2)C1CCCCC1. The maximum absolute atomic E-state index is 12.9. The molecule has 0 aromatic rings. The first-order valence-corrected chi connectivity index (χ1v) is 9.67. The summed E-state index contributed by atoms with van der Waals surface area (Å²) < 4.78 is 5.84. The van der Waals surface area contributed by atoms with E-state index in [1.165, 1.54) is 6.42 Å². The topological polar surface area (TPSA) is 49.8 Å². The third kappa shape index (κ3) is 3.78. The minimum Gasteiger partial charge on any atom is -0.458 e. The number of carbonyl (C=O) groups excluding carboxylic acids is 1. The van der Waals surface area contributed by atoms with Crippen molar-refractivity contribution in [2.45, 2.75) is 70.5 Å². The monoisotopic (exact) mass is 333 g/mol. The zero-order valence-corrected chi connectivity index (χ0v) is 15.1. The highest BCUT2D eigenvalue weighted by atomic mass is 16.6. The van der Waals surface area contributed by atoms with Gasteiger partial charge in [-0.05, 0) is 44.7 Å². The lowest BCUT2D eigenvalue weighted by atomic mass is 9.76. The van der Waals surface area contributed by atoms with E-state index in [-0.39, 0.29) is 17.9 Å². The van der Waals surface area contributed by atoms with Gasteiger partial charge >= 0.3 is 5.97 Å². The smallest absolute Gasteiger partial charge is 0.351 e. The average Bonchev–Trinajstić information content (AvgIpc) is 2.61. The van der Waals surface area contributed by atoms with Crippen LogP contribution < -0.4 is 0 Å². The molecule has 4 fully saturated rings. The Morgan fingerprint density at radius 1 is 1.17 bits per heavy atom. The van der Waals surface area contributed by atoms with Crippen LogP contribution in [-0.2, 0) is 9.53 Å². The number of ether oxygens (including phenoxy) is 1. The van der Waals surface area contributed by atoms with E-state index >= 15 is 0 Å². The van der Waals surface area contributed by atoms with Crippen LogP contribution in [0.3, 0.4) is 0 Å². The minimum atomic E-state index is -1.63. The molecule has 24 heavy (non-hydrogen) atoms. The molecule has 2 atom stereocenters. The van der Waals surface area contributed by atoms with Crippen LogP contribution in [0.2, 0.25) is 0 Å². The summed E-state index contributed by atoms with van der Waals surface area (Å²) in [7, 11) is 0. The number of hydrogen-bond acceptors (Lipinski definition) is 4. The molecular formula is C20H31NO3. The lowest BCUT2D eigenvalue weighted by Gasteiger charge is -2.45. The molecule has 0 spiro atoms. The number of rotatable bonds is 3. The molecule has 1 N–H and O–H groups in total. The number of nitrogens with zero attached hydrogens (tertiary/aromatic N) is 1. The molecule has 134 valence electrons. The van der Waals surface area contributed by atoms with Gasteiger partial charge in [0.1, 0.15) is 6.10 Å². The second-order valence-electron chi connectivity index (χ2n) is 8.11. The summed E-state index contributed by atoms with van der Waals surface area (Å²) in [6, 6.07) is 0. The van der Waals surface area contributed by atoms with Crippen molar-refractivity contribution < 1.29 is 14.6 Å². The number of hydrogen-bond donors (Lipinski definition) is 1. The van der Waals surface area contributed by atoms with E-state index in [0.717, 1.165) is 58.2 Å². The predicted molar refractivity (Wildman–Crippen MR) is 93.2 cm³/mol. The molecule has 4 heteroatoms. The Hall–Kier alpha value is -1.05. The lowest BCUT2D eigenvalue weighted by Crippen LogP contribution is -2.55. The molecule has 4 nitrogen and oxygen atoms in total. The Bertz CT molecular complexity index is 507. The van der Waals surface area contributed by atoms with Crippen molar-refractivity contribution in [3.8, 4) is 11.8 Å². The Balaban J connectivity index is 1.74. The molecule has 2 unspecified atom stereocenters. The average molecular weight is 333 g/mol. The largest absolute Gasteiger partial charge is 0.458 e. The van der Waals surface area contributed by atoms with Gasteiger partial charge in [-0.2, -0.15) is 0 Å². The molecule has 4 rings (SSSR count). The van der Waals surface area contributed by atoms with Crippen molar-refractivity contribution in [2.75, 3.05) is 19.6 Å². The summed E-state index contributed by atoms with van der Waals surface area (Å²) in [6.45, 7) is 6.99. The molecule has 3 aliphatic heterocycles. The van der Waals surface area contributed by atoms with Crippen LogP contribution in [-0.4, -0.2) is 47.3 Å². The van der Waals surface area contributed by atoms with Crippen molar-refractivity contribution in [1.82, 2.24) is 4.90 Å². The summed E-state index contributed by atoms with van der Waals surface area (Å²) in [5, 5.41) is 11.2. The van der Waals surface area contributed by atoms with E-state index in [1.807, 2.05) is 13.8 Å². The molecule has 0 aromatic heterocycles. The van der Waals surface area contributed by atoms with E-state index in [1.54, 1.807) is 0 Å². The van der Waals surface area contributed by atoms with Gasteiger partial charge in [0.2, 0.25) is 5.60 Å². The maximum Gasteiger partial charge on any atom is 0.351 e. The van der Waals surface area contributed by atoms with Gasteiger partial charge in [0.25, 0.3) is 0 Å². The van der Waals surface area contributed by atoms with Crippen molar-refractivity contribution in [1.29, 1.82) is 0 Å². The highest BCUT2D eigenvalue weighted by molar-refractivity contribution is 5.84. The van der Waals surface area contributed by atoms with Crippen molar-refractivity contribution in [3.63, 3.8) is 0 Å². The molecule has 0 amide bonds. The second-order valence-corrected chi connectivity index (χ2v) is 8.11. The molecule has 3 heterocycles. The number of carbonyl (C=O) groups is 1. The summed E-state index contributed by atoms with van der Waals surface area (Å²) in [5.41, 5.74) is -1.63. The molecule has 4 aliphatic rings. The number of aliphatic hydroxyl groups is 1. The third-order valence-electron chi connectivity index (χ3n) is 5.91. The lowest BCUT2D eigenvalue weighted by molar-refractivity contribution is -0.180. The fourth-order valence-electron chi connectivity index (χ4n) is 4.37. The molecule has 1 aliphatic carbocycles. The van der Waals surface area contributed by atoms with Gasteiger partial charge in [-0.1, -0.05) is 45.0 Å². The first-order valence-electron chi connectivity index (χ1n) is 9.67. The van der Waals surface area contributed by atoms with Gasteiger partial charge in [0.05, 0.1) is 0 Å². The van der Waals surface area contributed by atoms with Gasteiger partial charge in [-0.3, -0.25) is 4.90 Å². The van der Waals surface area contributed by atoms with E-state index in [0.29, 0.717) is 5.92 Å². The second kappa shape index (κ2) is 7.45. The molecule has 0 radical (unpaired) electrons. The highest BCUT2D eigenvalue weighted by Gasteiger charge is 2.47. The number of piperidine rings is 3. The van der Waals surface area contributed by atoms with Gasteiger partial charge in [0.15, 0.2) is 0 Å². The van der Waals surface area contributed by atoms with Crippen molar-refractivity contribution in [2.24, 2.45) is 17.8 Å². The maximum atomic E-state index is 12.9. The first kappa shape index (κ1) is 17.8. The quantitative estimate of drug-likeness (QED) is 0.637. The molecule has 0 aromatic carbocycles. The zero-order valence-electron chi connectivity index (χ0n) is 15.1. The fraction of sp³-hybridized carbons (Fsp3) is 0.850. The minimum absolute atomic E-state index is 0.0732. The van der Waals surface area contributed by atoms with Crippen LogP contribution in [0.5, 0.6) is 0 Å². The number of esters is 1. The standard InChI is InChI=1S/C20H31NO3/c1-15(2)8-11-20(23,17-6-4-3-5-7-17)19(22)24-18-14-21-12-9-16(18)10-13-21/h15-18,23H,3-7,9-10,12-14H2,1-2H3. The van der Waals surface area contributed by atoms with Gasteiger partial charge in [0, 0.05) is 18.4 Å². The first-order chi connectivity index (χ1) is 11.5. The normalized spacial score (nSPS) is 32.8. The van der Waals surface area contributed by atoms with Crippen LogP contribution in [0.1, 0.15) is 58.8 Å². The number of fused-ring (bicyclic) bond motifs is 3. The summed E-state index contributed by atoms with van der Waals surface area (Å²) in [4.78, 5) is 15.3. The van der Waals surface area contributed by atoms with E-state index in [2.05, 4.69) is 16.7 Å². The van der Waals surface area contributed by atoms with Crippen LogP contribution in [0, 0.1) is 29.6 Å². The van der Waals surface area contributed by atoms with Crippen molar-refractivity contribution >= 4 is 5.97 Å². The highest BCUT2D eigenvalue weighted by Crippen LogP contribution is 2.36. The zero-order chi connectivity index (χ0) is 17.2. The van der Waals surface area contributed by atoms with Crippen LogP contribution >= 0.6 is 0 Å².